The average Bonchev–Trinajstić information content (AvgIpc) is 2.67. The quantitative estimate of drug-likeness (QED) is 0.843. The fourth-order valence-electron chi connectivity index (χ4n) is 1.96. The van der Waals surface area contributed by atoms with E-state index in [4.69, 9.17) is 21.1 Å². The zero-order valence-electron chi connectivity index (χ0n) is 10.7. The maximum absolute atomic E-state index is 11.4. The van der Waals surface area contributed by atoms with E-state index in [-0.39, 0.29) is 0 Å². The van der Waals surface area contributed by atoms with E-state index in [0.29, 0.717) is 40.9 Å². The summed E-state index contributed by atoms with van der Waals surface area (Å²) < 4.78 is 15.6. The Morgan fingerprint density at radius 3 is 2.68 bits per heavy atom. The second kappa shape index (κ2) is 5.67. The van der Waals surface area contributed by atoms with Crippen molar-refractivity contribution >= 4 is 17.6 Å². The predicted molar refractivity (Wildman–Crippen MR) is 68.8 cm³/mol. The van der Waals surface area contributed by atoms with Gasteiger partial charge in [-0.2, -0.15) is 0 Å². The number of rotatable bonds is 2. The minimum atomic E-state index is -1.39. The number of esters is 1. The number of aliphatic hydroxyl groups excluding tert-OH is 1. The van der Waals surface area contributed by atoms with Crippen LogP contribution in [-0.2, 0) is 9.53 Å². The molecule has 0 radical (unpaired) electrons. The van der Waals surface area contributed by atoms with Gasteiger partial charge in [0.05, 0.1) is 25.3 Å². The Bertz CT molecular complexity index is 500. The van der Waals surface area contributed by atoms with Gasteiger partial charge in [0, 0.05) is 17.5 Å². The van der Waals surface area contributed by atoms with Crippen LogP contribution in [0.15, 0.2) is 6.07 Å². The van der Waals surface area contributed by atoms with Gasteiger partial charge in [-0.25, -0.2) is 4.79 Å². The largest absolute Gasteiger partial charge is 0.489 e. The van der Waals surface area contributed by atoms with Gasteiger partial charge < -0.3 is 19.3 Å². The van der Waals surface area contributed by atoms with Crippen LogP contribution in [-0.4, -0.2) is 31.4 Å². The van der Waals surface area contributed by atoms with E-state index in [2.05, 4.69) is 4.74 Å². The summed E-state index contributed by atoms with van der Waals surface area (Å²) in [5.74, 6) is 0.189. The normalized spacial score (nSPS) is 15.6. The van der Waals surface area contributed by atoms with Crippen molar-refractivity contribution in [2.45, 2.75) is 19.4 Å². The Balaban J connectivity index is 2.50. The highest BCUT2D eigenvalue weighted by molar-refractivity contribution is 6.32. The molecule has 1 heterocycles. The highest BCUT2D eigenvalue weighted by Crippen LogP contribution is 2.42. The van der Waals surface area contributed by atoms with E-state index in [1.165, 1.54) is 13.2 Å². The zero-order valence-corrected chi connectivity index (χ0v) is 11.5. The lowest BCUT2D eigenvalue weighted by atomic mass is 10.0. The maximum Gasteiger partial charge on any atom is 0.339 e. The number of ether oxygens (including phenoxy) is 3. The van der Waals surface area contributed by atoms with Gasteiger partial charge in [0.1, 0.15) is 0 Å². The molecule has 0 amide bonds. The Morgan fingerprint density at radius 1 is 1.42 bits per heavy atom. The number of aliphatic hydroxyl groups is 1. The van der Waals surface area contributed by atoms with Gasteiger partial charge in [0.2, 0.25) is 0 Å². The highest BCUT2D eigenvalue weighted by Gasteiger charge is 2.26. The average molecular weight is 287 g/mol. The fraction of sp³-hybridized carbons (Fsp3) is 0.462. The van der Waals surface area contributed by atoms with Gasteiger partial charge in [-0.1, -0.05) is 11.6 Å². The van der Waals surface area contributed by atoms with Gasteiger partial charge in [0.25, 0.3) is 0 Å². The molecule has 104 valence electrons. The molecular formula is C13H15ClO5. The molecular weight excluding hydrogens is 272 g/mol. The van der Waals surface area contributed by atoms with E-state index >= 15 is 0 Å². The molecule has 0 aromatic heterocycles. The minimum absolute atomic E-state index is 0.306. The predicted octanol–water partition coefficient (Wildman–Crippen LogP) is 2.02. The molecule has 5 nitrogen and oxygen atoms in total. The summed E-state index contributed by atoms with van der Waals surface area (Å²) in [6.45, 7) is 2.76. The van der Waals surface area contributed by atoms with Crippen LogP contribution >= 0.6 is 11.6 Å². The maximum atomic E-state index is 11.4. The highest BCUT2D eigenvalue weighted by atomic mass is 35.5. The molecule has 1 aliphatic rings. The molecule has 1 unspecified atom stereocenters. The number of halogens is 1. The first-order valence-electron chi connectivity index (χ1n) is 5.90. The molecule has 1 aromatic carbocycles. The van der Waals surface area contributed by atoms with Gasteiger partial charge in [-0.05, 0) is 13.0 Å². The molecule has 0 saturated heterocycles. The molecule has 2 rings (SSSR count). The SMILES string of the molecule is COC(=O)C(O)c1cc(Cl)c2c(c1C)OCCCO2. The van der Waals surface area contributed by atoms with Crippen LogP contribution in [0, 0.1) is 6.92 Å². The lowest BCUT2D eigenvalue weighted by Crippen LogP contribution is -2.15. The van der Waals surface area contributed by atoms with Crippen LogP contribution in [0.1, 0.15) is 23.7 Å². The summed E-state index contributed by atoms with van der Waals surface area (Å²) in [5, 5.41) is 10.2. The Hall–Kier alpha value is -1.46. The van der Waals surface area contributed by atoms with Crippen LogP contribution in [0.2, 0.25) is 5.02 Å². The summed E-state index contributed by atoms with van der Waals surface area (Å²) in [6.07, 6.45) is -0.640. The molecule has 6 heteroatoms. The third kappa shape index (κ3) is 2.62. The second-order valence-corrected chi connectivity index (χ2v) is 4.61. The number of fused-ring (bicyclic) bond motifs is 1. The van der Waals surface area contributed by atoms with E-state index < -0.39 is 12.1 Å². The number of hydrogen-bond donors (Lipinski definition) is 1. The first-order valence-corrected chi connectivity index (χ1v) is 6.28. The van der Waals surface area contributed by atoms with Gasteiger partial charge in [0.15, 0.2) is 17.6 Å². The van der Waals surface area contributed by atoms with Crippen molar-refractivity contribution < 1.29 is 24.1 Å². The number of hydrogen-bond acceptors (Lipinski definition) is 5. The molecule has 0 bridgehead atoms. The van der Waals surface area contributed by atoms with Crippen molar-refractivity contribution in [3.8, 4) is 11.5 Å². The van der Waals surface area contributed by atoms with Gasteiger partial charge in [-0.3, -0.25) is 0 Å². The number of methoxy groups -OCH3 is 1. The van der Waals surface area contributed by atoms with Crippen molar-refractivity contribution in [2.75, 3.05) is 20.3 Å². The van der Waals surface area contributed by atoms with Crippen molar-refractivity contribution in [3.05, 3.63) is 22.2 Å². The topological polar surface area (TPSA) is 65.0 Å². The lowest BCUT2D eigenvalue weighted by Gasteiger charge is -2.18. The first kappa shape index (κ1) is 14.0. The summed E-state index contributed by atoms with van der Waals surface area (Å²) in [6, 6.07) is 1.51. The smallest absolute Gasteiger partial charge is 0.339 e. The summed E-state index contributed by atoms with van der Waals surface area (Å²) in [7, 11) is 1.21. The second-order valence-electron chi connectivity index (χ2n) is 4.21. The molecule has 19 heavy (non-hydrogen) atoms. The molecule has 1 atom stereocenters. The molecule has 0 fully saturated rings. The van der Waals surface area contributed by atoms with Crippen LogP contribution in [0.3, 0.4) is 0 Å². The third-order valence-electron chi connectivity index (χ3n) is 2.98. The van der Waals surface area contributed by atoms with Crippen molar-refractivity contribution in [1.82, 2.24) is 0 Å². The summed E-state index contributed by atoms with van der Waals surface area (Å²) in [4.78, 5) is 11.4. The number of carbonyl (C=O) groups excluding carboxylic acids is 1. The third-order valence-corrected chi connectivity index (χ3v) is 3.26. The number of benzene rings is 1. The molecule has 0 saturated carbocycles. The first-order chi connectivity index (χ1) is 9.06. The molecule has 0 spiro atoms. The van der Waals surface area contributed by atoms with Crippen molar-refractivity contribution in [2.24, 2.45) is 0 Å². The fourth-order valence-corrected chi connectivity index (χ4v) is 2.22. The van der Waals surface area contributed by atoms with Gasteiger partial charge >= 0.3 is 5.97 Å². The zero-order chi connectivity index (χ0) is 14.0. The van der Waals surface area contributed by atoms with Crippen LogP contribution in [0.4, 0.5) is 0 Å². The van der Waals surface area contributed by atoms with Crippen molar-refractivity contribution in [3.63, 3.8) is 0 Å². The Labute approximate surface area is 116 Å². The minimum Gasteiger partial charge on any atom is -0.489 e. The molecule has 0 aliphatic carbocycles. The Morgan fingerprint density at radius 2 is 2.05 bits per heavy atom. The van der Waals surface area contributed by atoms with Crippen molar-refractivity contribution in [1.29, 1.82) is 0 Å². The summed E-state index contributed by atoms with van der Waals surface area (Å²) >= 11 is 6.12. The summed E-state index contributed by atoms with van der Waals surface area (Å²) in [5.41, 5.74) is 0.986. The monoisotopic (exact) mass is 286 g/mol. The van der Waals surface area contributed by atoms with Crippen LogP contribution in [0.5, 0.6) is 11.5 Å². The van der Waals surface area contributed by atoms with Crippen LogP contribution < -0.4 is 9.47 Å². The van der Waals surface area contributed by atoms with Gasteiger partial charge in [-0.15, -0.1) is 0 Å². The molecule has 1 aromatic rings. The van der Waals surface area contributed by atoms with E-state index in [1.807, 2.05) is 0 Å². The molecule has 1 aliphatic heterocycles. The lowest BCUT2D eigenvalue weighted by molar-refractivity contribution is -0.150. The van der Waals surface area contributed by atoms with Crippen LogP contribution in [0.25, 0.3) is 0 Å². The van der Waals surface area contributed by atoms with E-state index in [9.17, 15) is 9.90 Å². The molecule has 1 N–H and O–H groups in total. The number of carbonyl (C=O) groups is 1. The van der Waals surface area contributed by atoms with E-state index in [0.717, 1.165) is 6.42 Å². The standard InChI is InChI=1S/C13H15ClO5/c1-7-8(10(15)13(16)17-2)6-9(14)12-11(7)18-4-3-5-19-12/h6,10,15H,3-5H2,1-2H3. The Kier molecular flexibility index (Phi) is 4.17. The van der Waals surface area contributed by atoms with E-state index in [1.54, 1.807) is 6.92 Å².